The van der Waals surface area contributed by atoms with Crippen LogP contribution in [-0.4, -0.2) is 17.0 Å². The van der Waals surface area contributed by atoms with Crippen molar-refractivity contribution >= 4 is 27.5 Å². The Labute approximate surface area is 127 Å². The number of aromatic nitrogens is 1. The summed E-state index contributed by atoms with van der Waals surface area (Å²) in [5.41, 5.74) is 4.26. The Bertz CT molecular complexity index is 675. The molecule has 4 heteroatoms. The SMILES string of the molecule is Cc1cccc2c1N(C(=O)c1cc(Br)cn1C)CCC2. The third-order valence-corrected chi connectivity index (χ3v) is 4.29. The molecule has 1 aromatic heterocycles. The van der Waals surface area contributed by atoms with Gasteiger partial charge in [0.2, 0.25) is 0 Å². The fourth-order valence-corrected chi connectivity index (χ4v) is 3.45. The fraction of sp³-hybridized carbons (Fsp3) is 0.312. The lowest BCUT2D eigenvalue weighted by molar-refractivity contribution is 0.0977. The van der Waals surface area contributed by atoms with Crippen molar-refractivity contribution in [1.29, 1.82) is 0 Å². The van der Waals surface area contributed by atoms with Crippen molar-refractivity contribution in [1.82, 2.24) is 4.57 Å². The fourth-order valence-electron chi connectivity index (χ4n) is 2.93. The van der Waals surface area contributed by atoms with Gasteiger partial charge in [0.25, 0.3) is 5.91 Å². The van der Waals surface area contributed by atoms with E-state index in [2.05, 4.69) is 41.1 Å². The summed E-state index contributed by atoms with van der Waals surface area (Å²) in [7, 11) is 1.90. The predicted molar refractivity (Wildman–Crippen MR) is 84.3 cm³/mol. The van der Waals surface area contributed by atoms with E-state index in [1.54, 1.807) is 0 Å². The Kier molecular flexibility index (Phi) is 3.42. The van der Waals surface area contributed by atoms with Crippen LogP contribution in [0.3, 0.4) is 0 Å². The molecule has 2 aromatic rings. The molecule has 0 fully saturated rings. The van der Waals surface area contributed by atoms with Gasteiger partial charge in [-0.15, -0.1) is 0 Å². The van der Waals surface area contributed by atoms with E-state index in [9.17, 15) is 4.79 Å². The smallest absolute Gasteiger partial charge is 0.274 e. The second kappa shape index (κ2) is 5.09. The van der Waals surface area contributed by atoms with Gasteiger partial charge in [-0.25, -0.2) is 0 Å². The molecular weight excluding hydrogens is 316 g/mol. The Hall–Kier alpha value is -1.55. The number of benzene rings is 1. The van der Waals surface area contributed by atoms with Crippen molar-refractivity contribution in [2.45, 2.75) is 19.8 Å². The van der Waals surface area contributed by atoms with E-state index in [1.807, 2.05) is 28.8 Å². The quantitative estimate of drug-likeness (QED) is 0.781. The standard InChI is InChI=1S/C16H17BrN2O/c1-11-5-3-6-12-7-4-8-19(15(11)12)16(20)14-9-13(17)10-18(14)2/h3,5-6,9-10H,4,7-8H2,1-2H3. The molecule has 0 unspecified atom stereocenters. The second-order valence-corrected chi connectivity index (χ2v) is 6.21. The van der Waals surface area contributed by atoms with Crippen LogP contribution in [0.5, 0.6) is 0 Å². The average Bonchev–Trinajstić information content (AvgIpc) is 2.77. The van der Waals surface area contributed by atoms with E-state index in [4.69, 9.17) is 0 Å². The summed E-state index contributed by atoms with van der Waals surface area (Å²) in [6, 6.07) is 8.16. The lowest BCUT2D eigenvalue weighted by Gasteiger charge is -2.31. The lowest BCUT2D eigenvalue weighted by atomic mass is 9.98. The van der Waals surface area contributed by atoms with Gasteiger partial charge < -0.3 is 9.47 Å². The maximum atomic E-state index is 12.8. The molecule has 0 radical (unpaired) electrons. The molecule has 2 heterocycles. The monoisotopic (exact) mass is 332 g/mol. The molecular formula is C16H17BrN2O. The van der Waals surface area contributed by atoms with Crippen LogP contribution in [0.25, 0.3) is 0 Å². The first kappa shape index (κ1) is 13.4. The van der Waals surface area contributed by atoms with Crippen LogP contribution in [-0.2, 0) is 13.5 Å². The van der Waals surface area contributed by atoms with Gasteiger partial charge in [-0.05, 0) is 52.9 Å². The molecule has 0 saturated heterocycles. The number of amides is 1. The number of aryl methyl sites for hydroxylation is 3. The van der Waals surface area contributed by atoms with Gasteiger partial charge in [-0.1, -0.05) is 18.2 Å². The Morgan fingerprint density at radius 3 is 2.85 bits per heavy atom. The van der Waals surface area contributed by atoms with E-state index in [-0.39, 0.29) is 5.91 Å². The molecule has 0 aliphatic carbocycles. The Morgan fingerprint density at radius 2 is 2.15 bits per heavy atom. The van der Waals surface area contributed by atoms with E-state index in [0.29, 0.717) is 5.69 Å². The van der Waals surface area contributed by atoms with Crippen molar-refractivity contribution in [3.05, 3.63) is 51.8 Å². The first-order valence-electron chi connectivity index (χ1n) is 6.80. The molecule has 0 spiro atoms. The number of fused-ring (bicyclic) bond motifs is 1. The predicted octanol–water partition coefficient (Wildman–Crippen LogP) is 3.69. The number of hydrogen-bond donors (Lipinski definition) is 0. The van der Waals surface area contributed by atoms with Crippen molar-refractivity contribution in [2.75, 3.05) is 11.4 Å². The first-order valence-corrected chi connectivity index (χ1v) is 7.59. The lowest BCUT2D eigenvalue weighted by Crippen LogP contribution is -2.37. The molecule has 20 heavy (non-hydrogen) atoms. The summed E-state index contributed by atoms with van der Waals surface area (Å²) in [4.78, 5) is 14.8. The highest BCUT2D eigenvalue weighted by Gasteiger charge is 2.26. The normalized spacial score (nSPS) is 14.2. The van der Waals surface area contributed by atoms with Gasteiger partial charge in [0.1, 0.15) is 5.69 Å². The minimum absolute atomic E-state index is 0.0773. The molecule has 104 valence electrons. The number of para-hydroxylation sites is 1. The first-order chi connectivity index (χ1) is 9.58. The van der Waals surface area contributed by atoms with E-state index >= 15 is 0 Å². The van der Waals surface area contributed by atoms with Crippen LogP contribution in [0.2, 0.25) is 0 Å². The summed E-state index contributed by atoms with van der Waals surface area (Å²) in [6.07, 6.45) is 3.99. The Morgan fingerprint density at radius 1 is 1.35 bits per heavy atom. The largest absolute Gasteiger partial charge is 0.345 e. The molecule has 1 aliphatic rings. The summed E-state index contributed by atoms with van der Waals surface area (Å²) in [6.45, 7) is 2.87. The van der Waals surface area contributed by atoms with Gasteiger partial charge in [-0.3, -0.25) is 4.79 Å². The maximum Gasteiger partial charge on any atom is 0.274 e. The van der Waals surface area contributed by atoms with Crippen LogP contribution in [0, 0.1) is 6.92 Å². The molecule has 0 atom stereocenters. The number of nitrogens with zero attached hydrogens (tertiary/aromatic N) is 2. The number of halogens is 1. The topological polar surface area (TPSA) is 25.2 Å². The minimum Gasteiger partial charge on any atom is -0.345 e. The second-order valence-electron chi connectivity index (χ2n) is 5.30. The number of anilines is 1. The molecule has 0 N–H and O–H groups in total. The number of rotatable bonds is 1. The summed E-state index contributed by atoms with van der Waals surface area (Å²) >= 11 is 3.43. The minimum atomic E-state index is 0.0773. The van der Waals surface area contributed by atoms with Crippen LogP contribution < -0.4 is 4.90 Å². The van der Waals surface area contributed by atoms with Crippen LogP contribution in [0.4, 0.5) is 5.69 Å². The average molecular weight is 333 g/mol. The van der Waals surface area contributed by atoms with Gasteiger partial charge in [0, 0.05) is 24.3 Å². The maximum absolute atomic E-state index is 12.8. The zero-order valence-electron chi connectivity index (χ0n) is 11.7. The molecule has 1 aromatic carbocycles. The molecule has 1 aliphatic heterocycles. The van der Waals surface area contributed by atoms with Crippen molar-refractivity contribution < 1.29 is 4.79 Å². The Balaban J connectivity index is 2.05. The van der Waals surface area contributed by atoms with Crippen molar-refractivity contribution in [3.63, 3.8) is 0 Å². The van der Waals surface area contributed by atoms with Crippen molar-refractivity contribution in [2.24, 2.45) is 7.05 Å². The van der Waals surface area contributed by atoms with Gasteiger partial charge in [0.05, 0.1) is 5.69 Å². The summed E-state index contributed by atoms with van der Waals surface area (Å²) < 4.78 is 2.81. The third-order valence-electron chi connectivity index (χ3n) is 3.85. The van der Waals surface area contributed by atoms with Gasteiger partial charge >= 0.3 is 0 Å². The summed E-state index contributed by atoms with van der Waals surface area (Å²) in [5.74, 6) is 0.0773. The van der Waals surface area contributed by atoms with Crippen molar-refractivity contribution in [3.8, 4) is 0 Å². The molecule has 3 nitrogen and oxygen atoms in total. The van der Waals surface area contributed by atoms with E-state index in [1.165, 1.54) is 11.1 Å². The summed E-state index contributed by atoms with van der Waals surface area (Å²) in [5, 5.41) is 0. The van der Waals surface area contributed by atoms with E-state index in [0.717, 1.165) is 29.5 Å². The number of carbonyl (C=O) groups is 1. The van der Waals surface area contributed by atoms with Crippen LogP contribution in [0.15, 0.2) is 34.9 Å². The van der Waals surface area contributed by atoms with Gasteiger partial charge in [0.15, 0.2) is 0 Å². The third kappa shape index (κ3) is 2.18. The van der Waals surface area contributed by atoms with Crippen LogP contribution >= 0.6 is 15.9 Å². The molecule has 0 bridgehead atoms. The zero-order chi connectivity index (χ0) is 14.3. The van der Waals surface area contributed by atoms with E-state index < -0.39 is 0 Å². The number of hydrogen-bond acceptors (Lipinski definition) is 1. The molecule has 1 amide bonds. The highest BCUT2D eigenvalue weighted by Crippen LogP contribution is 2.32. The van der Waals surface area contributed by atoms with Crippen LogP contribution in [0.1, 0.15) is 28.0 Å². The molecule has 3 rings (SSSR count). The zero-order valence-corrected chi connectivity index (χ0v) is 13.3. The highest BCUT2D eigenvalue weighted by atomic mass is 79.9. The van der Waals surface area contributed by atoms with Gasteiger partial charge in [-0.2, -0.15) is 0 Å². The molecule has 0 saturated carbocycles. The highest BCUT2D eigenvalue weighted by molar-refractivity contribution is 9.10. The number of carbonyl (C=O) groups excluding carboxylic acids is 1.